The van der Waals surface area contributed by atoms with Crippen LogP contribution in [0.2, 0.25) is 0 Å². The van der Waals surface area contributed by atoms with Gasteiger partial charge in [0.05, 0.1) is 0 Å². The predicted molar refractivity (Wildman–Crippen MR) is 73.3 cm³/mol. The Morgan fingerprint density at radius 2 is 1.05 bits per heavy atom. The van der Waals surface area contributed by atoms with Gasteiger partial charge in [0.1, 0.15) is 0 Å². The van der Waals surface area contributed by atoms with Gasteiger partial charge in [0.15, 0.2) is 0 Å². The van der Waals surface area contributed by atoms with Gasteiger partial charge in [-0.2, -0.15) is 22.3 Å². The number of rotatable bonds is 2. The van der Waals surface area contributed by atoms with Crippen molar-refractivity contribution < 1.29 is 46.5 Å². The first kappa shape index (κ1) is 22.5. The summed E-state index contributed by atoms with van der Waals surface area (Å²) in [6, 6.07) is 0. The van der Waals surface area contributed by atoms with Crippen LogP contribution in [0.5, 0.6) is 0 Å². The molecule has 0 bridgehead atoms. The maximum absolute atomic E-state index is 3.57. The Balaban J connectivity index is 0. The molecule has 0 N–H and O–H groups in total. The Labute approximate surface area is 151 Å². The molecule has 0 heterocycles. The predicted octanol–water partition coefficient (Wildman–Crippen LogP) is -1.04. The molecule has 0 radical (unpaired) electrons. The Morgan fingerprint density at radius 3 is 1.25 bits per heavy atom. The minimum Gasteiger partial charge on any atom is -1.00 e. The Kier molecular flexibility index (Phi) is 9.06. The van der Waals surface area contributed by atoms with Gasteiger partial charge in [-0.05, 0) is 0 Å². The standard InChI is InChI=1S/C17H22.2ClH.Ti/c1-11-7-9-15(13(11)3)17(5,6)16-10-8-12(2)14(16)4;;;/h7-8H2,1-6H3;2*1H;/q-2;;;+4/p-2. The molecule has 0 amide bonds. The van der Waals surface area contributed by atoms with E-state index in [4.69, 9.17) is 0 Å². The first-order valence-corrected chi connectivity index (χ1v) is 6.41. The summed E-state index contributed by atoms with van der Waals surface area (Å²) >= 11 is 0. The van der Waals surface area contributed by atoms with Crippen LogP contribution in [0.1, 0.15) is 54.4 Å². The van der Waals surface area contributed by atoms with E-state index in [1.807, 2.05) is 0 Å². The summed E-state index contributed by atoms with van der Waals surface area (Å²) in [5.74, 6) is 0. The average Bonchev–Trinajstić information content (AvgIpc) is 2.75. The number of allylic oxidation sites excluding steroid dienone is 8. The van der Waals surface area contributed by atoms with Gasteiger partial charge in [-0.25, -0.2) is 11.1 Å². The van der Waals surface area contributed by atoms with Crippen molar-refractivity contribution in [1.82, 2.24) is 0 Å². The van der Waals surface area contributed by atoms with E-state index in [1.54, 1.807) is 0 Å². The largest absolute Gasteiger partial charge is 4.00 e. The maximum atomic E-state index is 3.57. The molecule has 0 spiro atoms. The molecule has 0 aromatic rings. The van der Waals surface area contributed by atoms with Crippen LogP contribution in [-0.2, 0) is 21.7 Å². The van der Waals surface area contributed by atoms with E-state index in [1.165, 1.54) is 33.4 Å². The minimum atomic E-state index is 0. The summed E-state index contributed by atoms with van der Waals surface area (Å²) in [7, 11) is 0. The van der Waals surface area contributed by atoms with Gasteiger partial charge in [-0.15, -0.1) is 26.7 Å². The molecule has 0 aromatic heterocycles. The molecule has 0 nitrogen and oxygen atoms in total. The molecule has 2 aliphatic carbocycles. The molecular weight excluding hydrogens is 323 g/mol. The van der Waals surface area contributed by atoms with Gasteiger partial charge < -0.3 is 24.8 Å². The molecule has 0 atom stereocenters. The second-order valence-electron chi connectivity index (χ2n) is 5.89. The molecule has 2 aliphatic rings. The van der Waals surface area contributed by atoms with E-state index < -0.39 is 0 Å². The summed E-state index contributed by atoms with van der Waals surface area (Å²) in [4.78, 5) is 0. The third-order valence-electron chi connectivity index (χ3n) is 4.34. The Hall–Kier alpha value is 0.254. The van der Waals surface area contributed by atoms with Crippen molar-refractivity contribution in [3.63, 3.8) is 0 Å². The number of hydrogen-bond donors (Lipinski definition) is 0. The first-order valence-electron chi connectivity index (χ1n) is 6.41. The van der Waals surface area contributed by atoms with Gasteiger partial charge >= 0.3 is 21.7 Å². The molecular formula is C17H22Cl2Ti. The van der Waals surface area contributed by atoms with Crippen LogP contribution in [0.4, 0.5) is 0 Å². The molecule has 0 fully saturated rings. The molecule has 20 heavy (non-hydrogen) atoms. The third-order valence-corrected chi connectivity index (χ3v) is 4.34. The Bertz CT molecular complexity index is 447. The molecule has 0 unspecified atom stereocenters. The zero-order valence-corrected chi connectivity index (χ0v) is 16.2. The zero-order valence-electron chi connectivity index (χ0n) is 13.2. The second-order valence-corrected chi connectivity index (χ2v) is 5.89. The molecule has 0 aromatic carbocycles. The van der Waals surface area contributed by atoms with Crippen LogP contribution in [0.3, 0.4) is 0 Å². The van der Waals surface area contributed by atoms with Crippen LogP contribution in [0, 0.1) is 17.6 Å². The topological polar surface area (TPSA) is 0 Å². The Morgan fingerprint density at radius 1 is 0.750 bits per heavy atom. The smallest absolute Gasteiger partial charge is 1.00 e. The fraction of sp³-hybridized carbons (Fsp3) is 0.529. The second kappa shape index (κ2) is 8.04. The third kappa shape index (κ3) is 3.71. The number of hydrogen-bond acceptors (Lipinski definition) is 0. The summed E-state index contributed by atoms with van der Waals surface area (Å²) in [5.41, 5.74) is 8.61. The molecule has 108 valence electrons. The van der Waals surface area contributed by atoms with Crippen LogP contribution in [0.15, 0.2) is 33.4 Å². The van der Waals surface area contributed by atoms with Crippen molar-refractivity contribution in [3.05, 3.63) is 45.6 Å². The fourth-order valence-corrected chi connectivity index (χ4v) is 2.90. The quantitative estimate of drug-likeness (QED) is 0.443. The fourth-order valence-electron chi connectivity index (χ4n) is 2.90. The molecule has 0 aliphatic heterocycles. The van der Waals surface area contributed by atoms with Crippen molar-refractivity contribution in [3.8, 4) is 0 Å². The average molecular weight is 345 g/mol. The summed E-state index contributed by atoms with van der Waals surface area (Å²) < 4.78 is 0. The summed E-state index contributed by atoms with van der Waals surface area (Å²) in [5, 5.41) is 0. The summed E-state index contributed by atoms with van der Waals surface area (Å²) in [6.45, 7) is 13.5. The monoisotopic (exact) mass is 344 g/mol. The number of halogens is 2. The minimum absolute atomic E-state index is 0. The van der Waals surface area contributed by atoms with Crippen molar-refractivity contribution in [1.29, 1.82) is 0 Å². The van der Waals surface area contributed by atoms with E-state index in [2.05, 4.69) is 53.7 Å². The van der Waals surface area contributed by atoms with Crippen LogP contribution < -0.4 is 24.8 Å². The van der Waals surface area contributed by atoms with E-state index in [9.17, 15) is 0 Å². The van der Waals surface area contributed by atoms with Gasteiger partial charge in [-0.3, -0.25) is 12.2 Å². The SMILES string of the molecule is CC1=C(C)C(C(C)(C)C2=[C-]CC(C)=C2C)=[C-]C1.[Cl-].[Cl-].[Ti+4]. The van der Waals surface area contributed by atoms with Crippen LogP contribution in [0.25, 0.3) is 0 Å². The van der Waals surface area contributed by atoms with E-state index in [0.717, 1.165) is 12.8 Å². The van der Waals surface area contributed by atoms with Crippen molar-refractivity contribution in [2.24, 2.45) is 5.41 Å². The van der Waals surface area contributed by atoms with Gasteiger partial charge in [0.2, 0.25) is 0 Å². The van der Waals surface area contributed by atoms with E-state index >= 15 is 0 Å². The van der Waals surface area contributed by atoms with E-state index in [-0.39, 0.29) is 51.9 Å². The zero-order chi connectivity index (χ0) is 12.8. The van der Waals surface area contributed by atoms with Gasteiger partial charge in [0.25, 0.3) is 0 Å². The van der Waals surface area contributed by atoms with Crippen molar-refractivity contribution in [2.75, 3.05) is 0 Å². The molecule has 2 rings (SSSR count). The van der Waals surface area contributed by atoms with Crippen molar-refractivity contribution in [2.45, 2.75) is 54.4 Å². The summed E-state index contributed by atoms with van der Waals surface area (Å²) in [6.07, 6.45) is 9.13. The molecule has 0 saturated carbocycles. The van der Waals surface area contributed by atoms with Gasteiger partial charge in [-0.1, -0.05) is 33.1 Å². The normalized spacial score (nSPS) is 18.1. The molecule has 0 saturated heterocycles. The van der Waals surface area contributed by atoms with Crippen molar-refractivity contribution >= 4 is 0 Å². The van der Waals surface area contributed by atoms with Gasteiger partial charge in [0, 0.05) is 0 Å². The van der Waals surface area contributed by atoms with E-state index in [0.29, 0.717) is 0 Å². The van der Waals surface area contributed by atoms with Crippen LogP contribution in [-0.4, -0.2) is 0 Å². The van der Waals surface area contributed by atoms with Crippen LogP contribution >= 0.6 is 0 Å². The first-order chi connectivity index (χ1) is 7.85. The maximum Gasteiger partial charge on any atom is 4.00 e. The molecule has 3 heteroatoms.